The van der Waals surface area contributed by atoms with E-state index in [0.29, 0.717) is 0 Å². The van der Waals surface area contributed by atoms with E-state index >= 15 is 0 Å². The fraction of sp³-hybridized carbons (Fsp3) is 1.00. The molecule has 0 aliphatic carbocycles. The average molecular weight is 280 g/mol. The molecule has 0 radical (unpaired) electrons. The topological polar surface area (TPSA) is 20.2 Å². The van der Waals surface area contributed by atoms with Crippen LogP contribution in [0, 0.1) is 11.3 Å². The Morgan fingerprint density at radius 1 is 0.833 bits per heavy atom. The van der Waals surface area contributed by atoms with Gasteiger partial charge in [-0.05, 0) is 24.2 Å². The van der Waals surface area contributed by atoms with E-state index in [4.69, 9.17) is 5.11 Å². The highest BCUT2D eigenvalue weighted by molar-refractivity contribution is 4.95. The van der Waals surface area contributed by atoms with Crippen molar-refractivity contribution in [1.29, 1.82) is 0 Å². The largest absolute Gasteiger partial charge is 0.426 e. The Hall–Kier alpha value is -0.460. The summed E-state index contributed by atoms with van der Waals surface area (Å²) in [5, 5.41) is 9.00. The monoisotopic (exact) mass is 280 g/mol. The van der Waals surface area contributed by atoms with E-state index in [1.54, 1.807) is 20.8 Å². The molecule has 0 aliphatic heterocycles. The summed E-state index contributed by atoms with van der Waals surface area (Å²) in [6.07, 6.45) is -12.7. The van der Waals surface area contributed by atoms with Gasteiger partial charge in [-0.2, -0.15) is 26.3 Å². The summed E-state index contributed by atoms with van der Waals surface area (Å²) in [7, 11) is 0. The molecule has 0 bridgehead atoms. The SMILES string of the molecule is CC(CC(C)(C)C)CC(O)(C(F)(F)F)C(F)(F)F. The Morgan fingerprint density at radius 3 is 1.39 bits per heavy atom. The third-order valence-electron chi connectivity index (χ3n) is 2.54. The van der Waals surface area contributed by atoms with Crippen LogP contribution in [-0.2, 0) is 0 Å². The molecular formula is C11H18F6O. The molecule has 110 valence electrons. The van der Waals surface area contributed by atoms with Crippen LogP contribution in [0.2, 0.25) is 0 Å². The second-order valence-corrected chi connectivity index (χ2v) is 5.93. The van der Waals surface area contributed by atoms with Crippen LogP contribution < -0.4 is 0 Å². The van der Waals surface area contributed by atoms with E-state index < -0.39 is 35.7 Å². The summed E-state index contributed by atoms with van der Waals surface area (Å²) >= 11 is 0. The minimum Gasteiger partial charge on any atom is -0.374 e. The van der Waals surface area contributed by atoms with Crippen molar-refractivity contribution in [3.63, 3.8) is 0 Å². The number of hydrogen-bond donors (Lipinski definition) is 1. The van der Waals surface area contributed by atoms with Gasteiger partial charge in [0.1, 0.15) is 0 Å². The number of aliphatic hydroxyl groups is 1. The van der Waals surface area contributed by atoms with Crippen molar-refractivity contribution in [3.05, 3.63) is 0 Å². The molecule has 0 aliphatic rings. The first-order valence-electron chi connectivity index (χ1n) is 5.46. The van der Waals surface area contributed by atoms with E-state index in [1.807, 2.05) is 0 Å². The quantitative estimate of drug-likeness (QED) is 0.764. The Bertz CT molecular complexity index is 259. The first-order valence-corrected chi connectivity index (χ1v) is 5.46. The summed E-state index contributed by atoms with van der Waals surface area (Å²) in [6, 6.07) is 0. The molecule has 0 aromatic heterocycles. The molecule has 0 saturated carbocycles. The average Bonchev–Trinajstić information content (AvgIpc) is 1.94. The minimum atomic E-state index is -5.72. The van der Waals surface area contributed by atoms with Crippen LogP contribution in [0.15, 0.2) is 0 Å². The lowest BCUT2D eigenvalue weighted by Gasteiger charge is -2.35. The third kappa shape index (κ3) is 4.33. The van der Waals surface area contributed by atoms with Crippen LogP contribution in [0.4, 0.5) is 26.3 Å². The van der Waals surface area contributed by atoms with Crippen molar-refractivity contribution in [1.82, 2.24) is 0 Å². The van der Waals surface area contributed by atoms with E-state index in [0.717, 1.165) is 0 Å². The molecule has 1 unspecified atom stereocenters. The van der Waals surface area contributed by atoms with Gasteiger partial charge in [0.2, 0.25) is 0 Å². The maximum atomic E-state index is 12.4. The molecule has 0 fully saturated rings. The Kier molecular flexibility index (Phi) is 4.78. The van der Waals surface area contributed by atoms with E-state index in [-0.39, 0.29) is 6.42 Å². The third-order valence-corrected chi connectivity index (χ3v) is 2.54. The number of alkyl halides is 6. The molecule has 0 heterocycles. The maximum absolute atomic E-state index is 12.4. The van der Waals surface area contributed by atoms with Crippen molar-refractivity contribution in [2.45, 2.75) is 58.5 Å². The zero-order valence-corrected chi connectivity index (χ0v) is 10.7. The van der Waals surface area contributed by atoms with Gasteiger partial charge >= 0.3 is 12.4 Å². The van der Waals surface area contributed by atoms with Gasteiger partial charge in [-0.3, -0.25) is 0 Å². The van der Waals surface area contributed by atoms with Crippen LogP contribution in [0.1, 0.15) is 40.5 Å². The molecular weight excluding hydrogens is 262 g/mol. The van der Waals surface area contributed by atoms with Crippen molar-refractivity contribution >= 4 is 0 Å². The van der Waals surface area contributed by atoms with Crippen molar-refractivity contribution in [2.75, 3.05) is 0 Å². The molecule has 0 saturated heterocycles. The van der Waals surface area contributed by atoms with E-state index in [2.05, 4.69) is 0 Å². The fourth-order valence-corrected chi connectivity index (χ4v) is 2.01. The molecule has 1 nitrogen and oxygen atoms in total. The molecule has 0 amide bonds. The lowest BCUT2D eigenvalue weighted by molar-refractivity contribution is -0.372. The van der Waals surface area contributed by atoms with Gasteiger partial charge in [0.05, 0.1) is 0 Å². The van der Waals surface area contributed by atoms with Gasteiger partial charge in [0, 0.05) is 0 Å². The van der Waals surface area contributed by atoms with E-state index in [9.17, 15) is 26.3 Å². The molecule has 7 heteroatoms. The number of halogens is 6. The zero-order chi connectivity index (χ0) is 15.0. The molecule has 1 atom stereocenters. The lowest BCUT2D eigenvalue weighted by atomic mass is 9.80. The second kappa shape index (κ2) is 4.90. The van der Waals surface area contributed by atoms with Crippen LogP contribution >= 0.6 is 0 Å². The summed E-state index contributed by atoms with van der Waals surface area (Å²) in [4.78, 5) is 0. The molecule has 1 N–H and O–H groups in total. The van der Waals surface area contributed by atoms with Gasteiger partial charge in [0.15, 0.2) is 0 Å². The highest BCUT2D eigenvalue weighted by Crippen LogP contribution is 2.47. The summed E-state index contributed by atoms with van der Waals surface area (Å²) in [5.41, 5.74) is -5.04. The van der Waals surface area contributed by atoms with Gasteiger partial charge in [-0.25, -0.2) is 0 Å². The molecule has 0 aromatic carbocycles. The molecule has 18 heavy (non-hydrogen) atoms. The standard InChI is InChI=1S/C11H18F6O/c1-7(5-8(2,3)4)6-9(18,10(12,13)14)11(15,16)17/h7,18H,5-6H2,1-4H3. The van der Waals surface area contributed by atoms with Crippen molar-refractivity contribution in [2.24, 2.45) is 11.3 Å². The first kappa shape index (κ1) is 17.5. The summed E-state index contributed by atoms with van der Waals surface area (Å²) < 4.78 is 74.5. The predicted octanol–water partition coefficient (Wildman–Crippen LogP) is 4.30. The van der Waals surface area contributed by atoms with Gasteiger partial charge in [0.25, 0.3) is 5.60 Å². The van der Waals surface area contributed by atoms with Gasteiger partial charge in [-0.1, -0.05) is 27.7 Å². The predicted molar refractivity (Wildman–Crippen MR) is 54.9 cm³/mol. The Balaban J connectivity index is 5.07. The lowest BCUT2D eigenvalue weighted by Crippen LogP contribution is -2.57. The van der Waals surface area contributed by atoms with Crippen molar-refractivity contribution < 1.29 is 31.4 Å². The van der Waals surface area contributed by atoms with Crippen molar-refractivity contribution in [3.8, 4) is 0 Å². The fourth-order valence-electron chi connectivity index (χ4n) is 2.01. The molecule has 0 spiro atoms. The summed E-state index contributed by atoms with van der Waals surface area (Å²) in [5.74, 6) is -0.904. The van der Waals surface area contributed by atoms with Crippen LogP contribution in [0.25, 0.3) is 0 Å². The van der Waals surface area contributed by atoms with Crippen LogP contribution in [0.5, 0.6) is 0 Å². The second-order valence-electron chi connectivity index (χ2n) is 5.93. The molecule has 0 rings (SSSR count). The molecule has 0 aromatic rings. The highest BCUT2D eigenvalue weighted by Gasteiger charge is 2.70. The highest BCUT2D eigenvalue weighted by atomic mass is 19.4. The Morgan fingerprint density at radius 2 is 1.17 bits per heavy atom. The number of rotatable bonds is 3. The van der Waals surface area contributed by atoms with Gasteiger partial charge in [-0.15, -0.1) is 0 Å². The first-order chi connectivity index (χ1) is 7.60. The smallest absolute Gasteiger partial charge is 0.374 e. The van der Waals surface area contributed by atoms with Gasteiger partial charge < -0.3 is 5.11 Å². The minimum absolute atomic E-state index is 0.154. The van der Waals surface area contributed by atoms with Crippen LogP contribution in [-0.4, -0.2) is 23.1 Å². The maximum Gasteiger partial charge on any atom is 0.426 e. The summed E-state index contributed by atoms with van der Waals surface area (Å²) in [6.45, 7) is 6.41. The van der Waals surface area contributed by atoms with E-state index in [1.165, 1.54) is 6.92 Å². The normalized spacial score (nSPS) is 16.8. The number of hydrogen-bond acceptors (Lipinski definition) is 1. The van der Waals surface area contributed by atoms with Crippen LogP contribution in [0.3, 0.4) is 0 Å². The Labute approximate surface area is 102 Å². The zero-order valence-electron chi connectivity index (χ0n) is 10.7.